The Hall–Kier alpha value is -0.500. The van der Waals surface area contributed by atoms with Gasteiger partial charge in [0.2, 0.25) is 0 Å². The lowest BCUT2D eigenvalue weighted by atomic mass is 9.47. The maximum absolute atomic E-state index is 12.4. The summed E-state index contributed by atoms with van der Waals surface area (Å²) in [6.45, 7) is 14.6. The van der Waals surface area contributed by atoms with Gasteiger partial charge < -0.3 is 4.74 Å². The summed E-state index contributed by atoms with van der Waals surface area (Å²) in [4.78, 5) is 12.4. The predicted molar refractivity (Wildman–Crippen MR) is 147 cm³/mol. The highest BCUT2D eigenvalue weighted by atomic mass is 35.5. The van der Waals surface area contributed by atoms with E-state index in [-0.39, 0.29) is 12.1 Å². The molecule has 0 spiro atoms. The van der Waals surface area contributed by atoms with Crippen molar-refractivity contribution in [3.8, 4) is 0 Å². The molecule has 2 nitrogen and oxygen atoms in total. The normalized spacial score (nSPS) is 40.3. The Morgan fingerprint density at radius 1 is 1.06 bits per heavy atom. The smallest absolute Gasteiger partial charge is 0.324 e. The summed E-state index contributed by atoms with van der Waals surface area (Å²) in [6.07, 6.45) is 18.5. The van der Waals surface area contributed by atoms with Gasteiger partial charge in [-0.2, -0.15) is 0 Å². The highest BCUT2D eigenvalue weighted by molar-refractivity contribution is 6.29. The van der Waals surface area contributed by atoms with Crippen molar-refractivity contribution in [3.63, 3.8) is 0 Å². The number of allylic oxidation sites excluding steroid dienone is 1. The van der Waals surface area contributed by atoms with E-state index in [1.807, 2.05) is 0 Å². The van der Waals surface area contributed by atoms with Gasteiger partial charge in [-0.05, 0) is 97.7 Å². The topological polar surface area (TPSA) is 26.3 Å². The molecular formula is C32H53ClO2. The Balaban J connectivity index is 1.42. The molecule has 0 aliphatic heterocycles. The quantitative estimate of drug-likeness (QED) is 0.177. The molecule has 0 bridgehead atoms. The van der Waals surface area contributed by atoms with Crippen LogP contribution in [0.25, 0.3) is 0 Å². The number of carbonyl (C=O) groups excluding carboxylic acids is 1. The zero-order valence-electron chi connectivity index (χ0n) is 23.6. The van der Waals surface area contributed by atoms with Crippen molar-refractivity contribution in [1.82, 2.24) is 0 Å². The molecule has 35 heavy (non-hydrogen) atoms. The third-order valence-electron chi connectivity index (χ3n) is 11.3. The molecule has 0 aromatic carbocycles. The minimum Gasteiger partial charge on any atom is -0.461 e. The van der Waals surface area contributed by atoms with Crippen LogP contribution in [0.2, 0.25) is 0 Å². The monoisotopic (exact) mass is 504 g/mol. The molecule has 4 rings (SSSR count). The van der Waals surface area contributed by atoms with Gasteiger partial charge >= 0.3 is 5.97 Å². The number of hydrogen-bond acceptors (Lipinski definition) is 2. The minimum atomic E-state index is -0.489. The molecule has 0 heterocycles. The second-order valence-electron chi connectivity index (χ2n) is 13.8. The summed E-state index contributed by atoms with van der Waals surface area (Å²) in [5.41, 5.74) is 2.43. The van der Waals surface area contributed by atoms with Gasteiger partial charge in [0.25, 0.3) is 0 Å². The van der Waals surface area contributed by atoms with Crippen molar-refractivity contribution in [2.45, 2.75) is 136 Å². The molecule has 3 heteroatoms. The molecule has 0 saturated heterocycles. The van der Waals surface area contributed by atoms with E-state index in [1.165, 1.54) is 51.4 Å². The van der Waals surface area contributed by atoms with Crippen molar-refractivity contribution in [2.75, 3.05) is 0 Å². The molecule has 0 N–H and O–H groups in total. The van der Waals surface area contributed by atoms with E-state index in [0.717, 1.165) is 61.2 Å². The van der Waals surface area contributed by atoms with E-state index in [0.29, 0.717) is 17.3 Å². The number of rotatable bonds is 9. The van der Waals surface area contributed by atoms with Gasteiger partial charge in [-0.15, -0.1) is 11.6 Å². The first-order chi connectivity index (χ1) is 16.6. The van der Waals surface area contributed by atoms with Crippen molar-refractivity contribution >= 4 is 17.6 Å². The van der Waals surface area contributed by atoms with E-state index < -0.39 is 5.38 Å². The standard InChI is InChI=1S/C32H53ClO2/c1-7-9-29(33)30(34)35-24-16-18-31(5)23(20-24)12-13-25-27-15-14-26(22(4)11-8-10-21(2)3)32(27,6)19-17-28(25)31/h12,21-22,24-29H,7-11,13-20H2,1-6H3/t22-,24-,25-,26+,27-,28-,29+,31-,32+/m0/s1. The number of ether oxygens (including phenoxy) is 1. The van der Waals surface area contributed by atoms with Gasteiger partial charge in [0.15, 0.2) is 0 Å². The molecule has 3 fully saturated rings. The molecule has 9 atom stereocenters. The lowest BCUT2D eigenvalue weighted by Crippen LogP contribution is -2.51. The van der Waals surface area contributed by atoms with Crippen LogP contribution in [0.4, 0.5) is 0 Å². The fourth-order valence-corrected chi connectivity index (χ4v) is 9.63. The molecule has 0 radical (unpaired) electrons. The number of esters is 1. The Bertz CT molecular complexity index is 774. The predicted octanol–water partition coefficient (Wildman–Crippen LogP) is 9.35. The summed E-state index contributed by atoms with van der Waals surface area (Å²) in [7, 11) is 0. The molecule has 0 amide bonds. The zero-order chi connectivity index (χ0) is 25.4. The lowest BCUT2D eigenvalue weighted by Gasteiger charge is -2.58. The van der Waals surface area contributed by atoms with E-state index in [1.54, 1.807) is 5.57 Å². The number of alkyl halides is 1. The molecule has 4 aliphatic carbocycles. The second-order valence-corrected chi connectivity index (χ2v) is 14.4. The van der Waals surface area contributed by atoms with Gasteiger partial charge in [0.1, 0.15) is 11.5 Å². The average Bonchev–Trinajstić information content (AvgIpc) is 3.16. The first-order valence-corrected chi connectivity index (χ1v) is 15.6. The fourth-order valence-electron chi connectivity index (χ4n) is 9.36. The van der Waals surface area contributed by atoms with Gasteiger partial charge in [0, 0.05) is 6.42 Å². The summed E-state index contributed by atoms with van der Waals surface area (Å²) < 4.78 is 5.90. The maximum Gasteiger partial charge on any atom is 0.324 e. The van der Waals surface area contributed by atoms with Gasteiger partial charge in [-0.1, -0.05) is 78.9 Å². The SMILES string of the molecule is CCC[C@@H](Cl)C(=O)O[C@H]1CC[C@@]2(C)C(=CC[C@H]3[C@@H]4CC[C@H]([C@@H](C)CCCC(C)C)[C@@]4(C)CC[C@@H]32)C1. The highest BCUT2D eigenvalue weighted by Crippen LogP contribution is 2.67. The Morgan fingerprint density at radius 3 is 2.54 bits per heavy atom. The summed E-state index contributed by atoms with van der Waals surface area (Å²) >= 11 is 6.26. The van der Waals surface area contributed by atoms with Crippen LogP contribution in [0.1, 0.15) is 125 Å². The first-order valence-electron chi connectivity index (χ1n) is 15.1. The fraction of sp³-hybridized carbons (Fsp3) is 0.906. The number of hydrogen-bond donors (Lipinski definition) is 0. The summed E-state index contributed by atoms with van der Waals surface area (Å²) in [6, 6.07) is 0. The number of fused-ring (bicyclic) bond motifs is 5. The summed E-state index contributed by atoms with van der Waals surface area (Å²) in [5, 5.41) is -0.489. The van der Waals surface area contributed by atoms with E-state index in [2.05, 4.69) is 47.6 Å². The van der Waals surface area contributed by atoms with E-state index >= 15 is 0 Å². The van der Waals surface area contributed by atoms with Gasteiger partial charge in [0.05, 0.1) is 0 Å². The van der Waals surface area contributed by atoms with Crippen LogP contribution in [-0.2, 0) is 9.53 Å². The Morgan fingerprint density at radius 2 is 1.83 bits per heavy atom. The Labute approximate surface area is 221 Å². The number of halogens is 1. The number of carbonyl (C=O) groups is 1. The first kappa shape index (κ1) is 27.5. The summed E-state index contributed by atoms with van der Waals surface area (Å²) in [5.74, 6) is 4.98. The molecule has 3 saturated carbocycles. The minimum absolute atomic E-state index is 0.0212. The van der Waals surface area contributed by atoms with Crippen LogP contribution in [0.5, 0.6) is 0 Å². The third-order valence-corrected chi connectivity index (χ3v) is 11.7. The molecule has 0 unspecified atom stereocenters. The van der Waals surface area contributed by atoms with Gasteiger partial charge in [-0.25, -0.2) is 0 Å². The van der Waals surface area contributed by atoms with Crippen LogP contribution in [0, 0.1) is 46.3 Å². The molecular weight excluding hydrogens is 452 g/mol. The maximum atomic E-state index is 12.4. The Kier molecular flexibility index (Phi) is 8.72. The molecule has 4 aliphatic rings. The van der Waals surface area contributed by atoms with Gasteiger partial charge in [-0.3, -0.25) is 4.79 Å². The van der Waals surface area contributed by atoms with Crippen LogP contribution >= 0.6 is 11.6 Å². The molecule has 200 valence electrons. The largest absolute Gasteiger partial charge is 0.461 e. The van der Waals surface area contributed by atoms with Crippen molar-refractivity contribution in [2.24, 2.45) is 46.3 Å². The molecule has 0 aromatic heterocycles. The van der Waals surface area contributed by atoms with Crippen LogP contribution in [0.3, 0.4) is 0 Å². The average molecular weight is 505 g/mol. The van der Waals surface area contributed by atoms with Crippen LogP contribution in [-0.4, -0.2) is 17.5 Å². The van der Waals surface area contributed by atoms with E-state index in [4.69, 9.17) is 16.3 Å². The second kappa shape index (κ2) is 11.1. The third kappa shape index (κ3) is 5.39. The van der Waals surface area contributed by atoms with E-state index in [9.17, 15) is 4.79 Å². The van der Waals surface area contributed by atoms with Crippen molar-refractivity contribution in [1.29, 1.82) is 0 Å². The van der Waals surface area contributed by atoms with Crippen LogP contribution < -0.4 is 0 Å². The zero-order valence-corrected chi connectivity index (χ0v) is 24.3. The molecule has 0 aromatic rings. The highest BCUT2D eigenvalue weighted by Gasteiger charge is 2.59. The van der Waals surface area contributed by atoms with Crippen molar-refractivity contribution in [3.05, 3.63) is 11.6 Å². The lowest BCUT2D eigenvalue weighted by molar-refractivity contribution is -0.151. The van der Waals surface area contributed by atoms with Crippen molar-refractivity contribution < 1.29 is 9.53 Å². The van der Waals surface area contributed by atoms with Crippen LogP contribution in [0.15, 0.2) is 11.6 Å².